The number of nitrogens with one attached hydrogen (secondary N) is 2. The van der Waals surface area contributed by atoms with Gasteiger partial charge in [0.25, 0.3) is 0 Å². The molecule has 0 fully saturated rings. The third-order valence-corrected chi connectivity index (χ3v) is 2.79. The van der Waals surface area contributed by atoms with Gasteiger partial charge < -0.3 is 38.3 Å². The van der Waals surface area contributed by atoms with Crippen LogP contribution in [0.3, 0.4) is 0 Å². The molecule has 0 rings (SSSR count). The summed E-state index contributed by atoms with van der Waals surface area (Å²) in [6.45, 7) is 0.521. The van der Waals surface area contributed by atoms with Gasteiger partial charge in [-0.15, -0.1) is 0 Å². The van der Waals surface area contributed by atoms with E-state index in [2.05, 4.69) is 15.4 Å². The number of urea groups is 2. The minimum absolute atomic E-state index is 0.212. The van der Waals surface area contributed by atoms with Gasteiger partial charge in [0.1, 0.15) is 12.1 Å². The zero-order chi connectivity index (χ0) is 17.8. The summed E-state index contributed by atoms with van der Waals surface area (Å²) in [5.41, 5.74) is 20.9. The molecule has 0 aromatic rings. The molecule has 11 nitrogen and oxygen atoms in total. The van der Waals surface area contributed by atoms with E-state index in [1.54, 1.807) is 0 Å². The number of hydrogen-bond donors (Lipinski definition) is 6. The topological polar surface area (TPSA) is 206 Å². The average Bonchev–Trinajstić information content (AvgIpc) is 2.46. The van der Waals surface area contributed by atoms with Crippen LogP contribution in [0, 0.1) is 0 Å². The largest absolute Gasteiger partial charge is 0.391 e. The van der Waals surface area contributed by atoms with Crippen LogP contribution < -0.4 is 33.6 Å². The van der Waals surface area contributed by atoms with Gasteiger partial charge in [0.05, 0.1) is 0 Å². The number of amides is 4. The second-order valence-electron chi connectivity index (χ2n) is 4.82. The van der Waals surface area contributed by atoms with Gasteiger partial charge in [-0.3, -0.25) is 0 Å². The van der Waals surface area contributed by atoms with Gasteiger partial charge in [0.15, 0.2) is 0 Å². The summed E-state index contributed by atoms with van der Waals surface area (Å²) in [6.07, 6.45) is 1.23. The second-order valence-corrected chi connectivity index (χ2v) is 4.82. The van der Waals surface area contributed by atoms with Crippen molar-refractivity contribution in [2.24, 2.45) is 22.9 Å². The fraction of sp³-hybridized carbons (Fsp3) is 0.667. The molecule has 132 valence electrons. The first-order valence-corrected chi connectivity index (χ1v) is 7.07. The number of carbonyl (C=O) groups is 4. The summed E-state index contributed by atoms with van der Waals surface area (Å²) < 4.78 is 4.58. The molecule has 0 unspecified atom stereocenters. The summed E-state index contributed by atoms with van der Waals surface area (Å²) in [5.74, 6) is -1.78. The molecule has 10 N–H and O–H groups in total. The Kier molecular flexibility index (Phi) is 10.0. The van der Waals surface area contributed by atoms with Crippen molar-refractivity contribution in [3.63, 3.8) is 0 Å². The van der Waals surface area contributed by atoms with Gasteiger partial charge in [0.2, 0.25) is 0 Å². The van der Waals surface area contributed by atoms with E-state index < -0.39 is 36.1 Å². The highest BCUT2D eigenvalue weighted by atomic mass is 16.6. The summed E-state index contributed by atoms with van der Waals surface area (Å²) in [6, 6.07) is -3.35. The third kappa shape index (κ3) is 10.9. The maximum absolute atomic E-state index is 11.6. The highest BCUT2D eigenvalue weighted by Gasteiger charge is 2.22. The molecule has 0 aliphatic heterocycles. The standard InChI is InChI=1S/C12H24N6O5/c13-7(3-1-5-17-11(15)21)9(19)23-10(20)8(14)4-2-6-18-12(16)22/h7-8H,1-6,13-14H2,(H3,15,17,21)(H3,16,18,22)/t7-,8-/m1/s1. The fourth-order valence-electron chi connectivity index (χ4n) is 1.55. The number of hydrogen-bond acceptors (Lipinski definition) is 7. The molecule has 0 radical (unpaired) electrons. The van der Waals surface area contributed by atoms with Gasteiger partial charge in [-0.25, -0.2) is 19.2 Å². The van der Waals surface area contributed by atoms with Crippen molar-refractivity contribution in [2.75, 3.05) is 13.1 Å². The number of rotatable bonds is 10. The Balaban J connectivity index is 3.95. The smallest absolute Gasteiger partial charge is 0.330 e. The molecule has 0 spiro atoms. The normalized spacial score (nSPS) is 12.8. The van der Waals surface area contributed by atoms with Crippen LogP contribution in [0.1, 0.15) is 25.7 Å². The Labute approximate surface area is 133 Å². The van der Waals surface area contributed by atoms with Crippen molar-refractivity contribution in [1.82, 2.24) is 10.6 Å². The SMILES string of the molecule is NC(=O)NCCC[C@@H](N)C(=O)OC(=O)[C@H](N)CCCNC(N)=O. The number of nitrogens with two attached hydrogens (primary N) is 4. The van der Waals surface area contributed by atoms with Crippen LogP contribution in [0.15, 0.2) is 0 Å². The van der Waals surface area contributed by atoms with Crippen LogP contribution in [0.4, 0.5) is 9.59 Å². The molecule has 0 aliphatic carbocycles. The van der Waals surface area contributed by atoms with Crippen LogP contribution in [0.5, 0.6) is 0 Å². The van der Waals surface area contributed by atoms with Gasteiger partial charge in [-0.2, -0.15) is 0 Å². The number of esters is 2. The van der Waals surface area contributed by atoms with E-state index in [4.69, 9.17) is 22.9 Å². The van der Waals surface area contributed by atoms with Crippen LogP contribution in [0.2, 0.25) is 0 Å². The van der Waals surface area contributed by atoms with Crippen molar-refractivity contribution in [3.8, 4) is 0 Å². The number of primary amides is 2. The molecule has 23 heavy (non-hydrogen) atoms. The molecular weight excluding hydrogens is 308 g/mol. The Bertz CT molecular complexity index is 392. The lowest BCUT2D eigenvalue weighted by atomic mass is 10.1. The average molecular weight is 332 g/mol. The van der Waals surface area contributed by atoms with E-state index in [1.807, 2.05) is 0 Å². The lowest BCUT2D eigenvalue weighted by Crippen LogP contribution is -2.40. The Morgan fingerprint density at radius 2 is 1.13 bits per heavy atom. The summed E-state index contributed by atoms with van der Waals surface area (Å²) >= 11 is 0. The highest BCUT2D eigenvalue weighted by molar-refractivity contribution is 5.90. The van der Waals surface area contributed by atoms with Crippen molar-refractivity contribution in [3.05, 3.63) is 0 Å². The molecule has 0 aromatic carbocycles. The van der Waals surface area contributed by atoms with E-state index in [1.165, 1.54) is 0 Å². The van der Waals surface area contributed by atoms with Crippen molar-refractivity contribution in [2.45, 2.75) is 37.8 Å². The monoisotopic (exact) mass is 332 g/mol. The van der Waals surface area contributed by atoms with Crippen molar-refractivity contribution < 1.29 is 23.9 Å². The minimum Gasteiger partial charge on any atom is -0.391 e. The number of carbonyl (C=O) groups excluding carboxylic acids is 4. The molecule has 4 amide bonds. The van der Waals surface area contributed by atoms with Gasteiger partial charge in [-0.1, -0.05) is 0 Å². The first-order valence-electron chi connectivity index (χ1n) is 7.07. The Hall–Kier alpha value is -2.40. The lowest BCUT2D eigenvalue weighted by Gasteiger charge is -2.13. The lowest BCUT2D eigenvalue weighted by molar-refractivity contribution is -0.161. The van der Waals surface area contributed by atoms with Gasteiger partial charge in [-0.05, 0) is 25.7 Å². The van der Waals surface area contributed by atoms with Crippen LogP contribution in [-0.2, 0) is 14.3 Å². The fourth-order valence-corrected chi connectivity index (χ4v) is 1.55. The van der Waals surface area contributed by atoms with E-state index in [-0.39, 0.29) is 25.9 Å². The molecule has 2 atom stereocenters. The summed E-state index contributed by atoms with van der Waals surface area (Å²) in [7, 11) is 0. The van der Waals surface area contributed by atoms with Gasteiger partial charge >= 0.3 is 24.0 Å². The highest BCUT2D eigenvalue weighted by Crippen LogP contribution is 2.01. The van der Waals surface area contributed by atoms with Crippen LogP contribution >= 0.6 is 0 Å². The predicted octanol–water partition coefficient (Wildman–Crippen LogP) is -2.39. The molecular formula is C12H24N6O5. The first-order chi connectivity index (χ1) is 10.7. The molecule has 0 aliphatic rings. The molecule has 0 saturated heterocycles. The molecule has 0 aromatic heterocycles. The second kappa shape index (κ2) is 11.2. The van der Waals surface area contributed by atoms with Crippen LogP contribution in [0.25, 0.3) is 0 Å². The van der Waals surface area contributed by atoms with E-state index >= 15 is 0 Å². The van der Waals surface area contributed by atoms with E-state index in [9.17, 15) is 19.2 Å². The molecule has 0 bridgehead atoms. The van der Waals surface area contributed by atoms with Gasteiger partial charge in [0, 0.05) is 13.1 Å². The van der Waals surface area contributed by atoms with Crippen molar-refractivity contribution >= 4 is 24.0 Å². The van der Waals surface area contributed by atoms with Crippen molar-refractivity contribution in [1.29, 1.82) is 0 Å². The summed E-state index contributed by atoms with van der Waals surface area (Å²) in [5, 5.41) is 4.68. The van der Waals surface area contributed by atoms with E-state index in [0.717, 1.165) is 0 Å². The molecule has 0 saturated carbocycles. The van der Waals surface area contributed by atoms with Crippen LogP contribution in [-0.4, -0.2) is 49.2 Å². The summed E-state index contributed by atoms with van der Waals surface area (Å²) in [4.78, 5) is 44.1. The molecule has 11 heteroatoms. The zero-order valence-corrected chi connectivity index (χ0v) is 12.7. The predicted molar refractivity (Wildman–Crippen MR) is 80.7 cm³/mol. The minimum atomic E-state index is -1.00. The maximum atomic E-state index is 11.6. The number of ether oxygens (including phenoxy) is 1. The van der Waals surface area contributed by atoms with E-state index in [0.29, 0.717) is 12.8 Å². The zero-order valence-electron chi connectivity index (χ0n) is 12.7. The maximum Gasteiger partial charge on any atom is 0.330 e. The Morgan fingerprint density at radius 1 is 0.783 bits per heavy atom. The molecule has 0 heterocycles. The third-order valence-electron chi connectivity index (χ3n) is 2.79. The quantitative estimate of drug-likeness (QED) is 0.145. The Morgan fingerprint density at radius 3 is 1.43 bits per heavy atom. The first kappa shape index (κ1) is 20.6.